The smallest absolute Gasteiger partial charge is 0.234 e. The standard InChI is InChI=1S/C18H27N3O2.2ClH/c22-18(13-19-11-15-5-6-15)20-12-16-3-1-2-4-17(16)14-21-7-9-23-10-8-21;;/h1-4,15,19H,5-14H2,(H,20,22);2*1H. The number of carbonyl (C=O) groups is 1. The first kappa shape index (κ1) is 22.2. The fraction of sp³-hybridized carbons (Fsp3) is 0.611. The first-order chi connectivity index (χ1) is 11.3. The molecule has 1 aliphatic carbocycles. The summed E-state index contributed by atoms with van der Waals surface area (Å²) in [6, 6.07) is 8.37. The van der Waals surface area contributed by atoms with Gasteiger partial charge in [-0.05, 0) is 36.4 Å². The Balaban J connectivity index is 0.00000156. The van der Waals surface area contributed by atoms with Crippen LogP contribution in [0.25, 0.3) is 0 Å². The summed E-state index contributed by atoms with van der Waals surface area (Å²) in [6.07, 6.45) is 2.62. The lowest BCUT2D eigenvalue weighted by molar-refractivity contribution is -0.120. The van der Waals surface area contributed by atoms with Crippen molar-refractivity contribution >= 4 is 30.7 Å². The van der Waals surface area contributed by atoms with Gasteiger partial charge in [0.2, 0.25) is 5.91 Å². The van der Waals surface area contributed by atoms with Crippen molar-refractivity contribution in [1.29, 1.82) is 0 Å². The van der Waals surface area contributed by atoms with Gasteiger partial charge in [0.1, 0.15) is 0 Å². The van der Waals surface area contributed by atoms with Gasteiger partial charge in [0, 0.05) is 26.2 Å². The first-order valence-electron chi connectivity index (χ1n) is 8.65. The summed E-state index contributed by atoms with van der Waals surface area (Å²) in [6.45, 7) is 6.50. The van der Waals surface area contributed by atoms with E-state index < -0.39 is 0 Å². The summed E-state index contributed by atoms with van der Waals surface area (Å²) in [5.74, 6) is 0.879. The van der Waals surface area contributed by atoms with Crippen LogP contribution in [-0.2, 0) is 22.6 Å². The molecule has 1 heterocycles. The molecule has 3 rings (SSSR count). The quantitative estimate of drug-likeness (QED) is 0.713. The number of morpholine rings is 1. The van der Waals surface area contributed by atoms with Crippen LogP contribution < -0.4 is 10.6 Å². The number of benzene rings is 1. The van der Waals surface area contributed by atoms with E-state index in [0.29, 0.717) is 13.1 Å². The Hall–Kier alpha value is -0.850. The molecule has 1 saturated carbocycles. The molecule has 0 spiro atoms. The third-order valence-corrected chi connectivity index (χ3v) is 4.51. The number of amides is 1. The summed E-state index contributed by atoms with van der Waals surface area (Å²) >= 11 is 0. The molecule has 7 heteroatoms. The Morgan fingerprint density at radius 3 is 2.48 bits per heavy atom. The van der Waals surface area contributed by atoms with Gasteiger partial charge in [0.05, 0.1) is 19.8 Å². The van der Waals surface area contributed by atoms with Crippen LogP contribution >= 0.6 is 24.8 Å². The monoisotopic (exact) mass is 389 g/mol. The van der Waals surface area contributed by atoms with E-state index in [1.807, 2.05) is 6.07 Å². The third-order valence-electron chi connectivity index (χ3n) is 4.51. The Morgan fingerprint density at radius 2 is 1.80 bits per heavy atom. The lowest BCUT2D eigenvalue weighted by Crippen LogP contribution is -2.36. The molecule has 142 valence electrons. The molecule has 1 aromatic rings. The van der Waals surface area contributed by atoms with Gasteiger partial charge < -0.3 is 15.4 Å². The average Bonchev–Trinajstić information content (AvgIpc) is 3.39. The number of nitrogens with one attached hydrogen (secondary N) is 2. The molecule has 1 saturated heterocycles. The van der Waals surface area contributed by atoms with Crippen LogP contribution in [0, 0.1) is 5.92 Å². The van der Waals surface area contributed by atoms with E-state index in [4.69, 9.17) is 4.74 Å². The lowest BCUT2D eigenvalue weighted by Gasteiger charge is -2.27. The van der Waals surface area contributed by atoms with E-state index >= 15 is 0 Å². The minimum atomic E-state index is 0. The van der Waals surface area contributed by atoms with E-state index in [0.717, 1.165) is 45.3 Å². The minimum absolute atomic E-state index is 0. The number of carbonyl (C=O) groups excluding carboxylic acids is 1. The highest BCUT2D eigenvalue weighted by molar-refractivity contribution is 5.85. The number of halogens is 2. The summed E-state index contributed by atoms with van der Waals surface area (Å²) in [5, 5.41) is 6.26. The highest BCUT2D eigenvalue weighted by Crippen LogP contribution is 2.27. The largest absolute Gasteiger partial charge is 0.379 e. The normalized spacial score (nSPS) is 17.3. The molecule has 5 nitrogen and oxygen atoms in total. The fourth-order valence-electron chi connectivity index (χ4n) is 2.85. The van der Waals surface area contributed by atoms with E-state index in [9.17, 15) is 4.79 Å². The lowest BCUT2D eigenvalue weighted by atomic mass is 10.1. The SMILES string of the molecule is Cl.Cl.O=C(CNCC1CC1)NCc1ccccc1CN1CCOCC1. The highest BCUT2D eigenvalue weighted by Gasteiger charge is 2.20. The van der Waals surface area contributed by atoms with Crippen LogP contribution in [0.4, 0.5) is 0 Å². The van der Waals surface area contributed by atoms with Gasteiger partial charge in [-0.2, -0.15) is 0 Å². The molecule has 1 aromatic carbocycles. The van der Waals surface area contributed by atoms with Crippen LogP contribution in [0.15, 0.2) is 24.3 Å². The highest BCUT2D eigenvalue weighted by atomic mass is 35.5. The van der Waals surface area contributed by atoms with E-state index in [1.165, 1.54) is 24.0 Å². The maximum Gasteiger partial charge on any atom is 0.234 e. The summed E-state index contributed by atoms with van der Waals surface area (Å²) in [5.41, 5.74) is 2.50. The summed E-state index contributed by atoms with van der Waals surface area (Å²) in [7, 11) is 0. The molecule has 1 amide bonds. The van der Waals surface area contributed by atoms with E-state index in [1.54, 1.807) is 0 Å². The van der Waals surface area contributed by atoms with Gasteiger partial charge in [-0.1, -0.05) is 24.3 Å². The molecule has 25 heavy (non-hydrogen) atoms. The number of ether oxygens (including phenoxy) is 1. The Bertz CT molecular complexity index is 521. The van der Waals surface area contributed by atoms with Gasteiger partial charge in [0.15, 0.2) is 0 Å². The summed E-state index contributed by atoms with van der Waals surface area (Å²) < 4.78 is 5.40. The van der Waals surface area contributed by atoms with Gasteiger partial charge in [-0.3, -0.25) is 9.69 Å². The zero-order chi connectivity index (χ0) is 15.9. The maximum absolute atomic E-state index is 11.9. The molecule has 2 N–H and O–H groups in total. The molecule has 0 aromatic heterocycles. The van der Waals surface area contributed by atoms with Gasteiger partial charge in [-0.15, -0.1) is 24.8 Å². The van der Waals surface area contributed by atoms with Gasteiger partial charge in [0.25, 0.3) is 0 Å². The second kappa shape index (κ2) is 11.7. The number of nitrogens with zero attached hydrogens (tertiary/aromatic N) is 1. The van der Waals surface area contributed by atoms with Crippen molar-refractivity contribution in [2.75, 3.05) is 39.4 Å². The zero-order valence-electron chi connectivity index (χ0n) is 14.5. The maximum atomic E-state index is 11.9. The van der Waals surface area contributed by atoms with Gasteiger partial charge >= 0.3 is 0 Å². The molecule has 2 aliphatic rings. The molecule has 0 atom stereocenters. The Morgan fingerprint density at radius 1 is 1.12 bits per heavy atom. The van der Waals surface area contributed by atoms with Crippen molar-refractivity contribution in [1.82, 2.24) is 15.5 Å². The minimum Gasteiger partial charge on any atom is -0.379 e. The fourth-order valence-corrected chi connectivity index (χ4v) is 2.85. The van der Waals surface area contributed by atoms with Crippen molar-refractivity contribution in [2.24, 2.45) is 5.92 Å². The molecule has 0 bridgehead atoms. The van der Waals surface area contributed by atoms with Crippen molar-refractivity contribution in [3.8, 4) is 0 Å². The second-order valence-electron chi connectivity index (χ2n) is 6.51. The average molecular weight is 390 g/mol. The van der Waals surface area contributed by atoms with Crippen LogP contribution in [0.5, 0.6) is 0 Å². The molecular formula is C18H29Cl2N3O2. The third kappa shape index (κ3) is 7.92. The number of hydrogen-bond acceptors (Lipinski definition) is 4. The zero-order valence-corrected chi connectivity index (χ0v) is 16.2. The van der Waals surface area contributed by atoms with Crippen molar-refractivity contribution in [3.05, 3.63) is 35.4 Å². The van der Waals surface area contributed by atoms with Crippen LogP contribution in [0.3, 0.4) is 0 Å². The molecule has 2 fully saturated rings. The van der Waals surface area contributed by atoms with Crippen molar-refractivity contribution < 1.29 is 9.53 Å². The summed E-state index contributed by atoms with van der Waals surface area (Å²) in [4.78, 5) is 14.3. The second-order valence-corrected chi connectivity index (χ2v) is 6.51. The Labute approximate surface area is 162 Å². The topological polar surface area (TPSA) is 53.6 Å². The molecule has 0 radical (unpaired) electrons. The van der Waals surface area contributed by atoms with E-state index in [-0.39, 0.29) is 30.7 Å². The molecule has 0 unspecified atom stereocenters. The molecular weight excluding hydrogens is 361 g/mol. The van der Waals surface area contributed by atoms with Crippen molar-refractivity contribution in [3.63, 3.8) is 0 Å². The predicted octanol–water partition coefficient (Wildman–Crippen LogP) is 1.98. The van der Waals surface area contributed by atoms with Gasteiger partial charge in [-0.25, -0.2) is 0 Å². The predicted molar refractivity (Wildman–Crippen MR) is 104 cm³/mol. The van der Waals surface area contributed by atoms with Crippen LogP contribution in [0.2, 0.25) is 0 Å². The van der Waals surface area contributed by atoms with E-state index in [2.05, 4.69) is 33.7 Å². The number of hydrogen-bond donors (Lipinski definition) is 2. The number of rotatable bonds is 8. The van der Waals surface area contributed by atoms with Crippen molar-refractivity contribution in [2.45, 2.75) is 25.9 Å². The molecule has 1 aliphatic heterocycles. The Kier molecular flexibility index (Phi) is 10.4. The van der Waals surface area contributed by atoms with Crippen LogP contribution in [-0.4, -0.2) is 50.2 Å². The first-order valence-corrected chi connectivity index (χ1v) is 8.65. The van der Waals surface area contributed by atoms with Crippen LogP contribution in [0.1, 0.15) is 24.0 Å².